The molecule has 0 radical (unpaired) electrons. The fraction of sp³-hybridized carbons (Fsp3) is 0.529. The molecule has 1 aliphatic heterocycles. The molecule has 2 amide bonds. The number of nitrogens with two attached hydrogens (primary N) is 1. The van der Waals surface area contributed by atoms with Crippen molar-refractivity contribution in [3.8, 4) is 0 Å². The van der Waals surface area contributed by atoms with E-state index in [1.807, 2.05) is 24.3 Å². The van der Waals surface area contributed by atoms with Crippen molar-refractivity contribution < 1.29 is 9.59 Å². The maximum absolute atomic E-state index is 12.4. The molecule has 0 bridgehead atoms. The number of rotatable bonds is 6. The topological polar surface area (TPSA) is 75.4 Å². The Kier molecular flexibility index (Phi) is 5.55. The van der Waals surface area contributed by atoms with Crippen LogP contribution in [0.25, 0.3) is 0 Å². The molecule has 2 rings (SSSR count). The minimum atomic E-state index is -0.567. The zero-order chi connectivity index (χ0) is 16.1. The molecule has 1 atom stereocenters. The van der Waals surface area contributed by atoms with E-state index in [1.165, 1.54) is 5.56 Å². The van der Waals surface area contributed by atoms with E-state index in [1.54, 1.807) is 4.90 Å². The standard InChI is InChI=1S/C17H25N3O2/c1-12(2)13-4-6-14(7-5-13)20-11-8-15(17(20)22)16(21)19-10-3-9-18/h4-7,12,15H,3,8-11,18H2,1-2H3,(H,19,21). The van der Waals surface area contributed by atoms with Gasteiger partial charge in [0, 0.05) is 18.8 Å². The third-order valence-electron chi connectivity index (χ3n) is 4.07. The first-order valence-electron chi connectivity index (χ1n) is 7.93. The summed E-state index contributed by atoms with van der Waals surface area (Å²) in [5.41, 5.74) is 7.51. The molecule has 5 nitrogen and oxygen atoms in total. The maximum atomic E-state index is 12.4. The number of nitrogens with zero attached hydrogens (tertiary/aromatic N) is 1. The molecule has 1 aromatic rings. The van der Waals surface area contributed by atoms with E-state index >= 15 is 0 Å². The van der Waals surface area contributed by atoms with E-state index in [-0.39, 0.29) is 11.8 Å². The summed E-state index contributed by atoms with van der Waals surface area (Å²) in [6.45, 7) is 5.93. The first-order valence-corrected chi connectivity index (χ1v) is 7.93. The van der Waals surface area contributed by atoms with Crippen LogP contribution in [0.2, 0.25) is 0 Å². The van der Waals surface area contributed by atoms with Gasteiger partial charge in [0.2, 0.25) is 11.8 Å². The van der Waals surface area contributed by atoms with E-state index in [4.69, 9.17) is 5.73 Å². The largest absolute Gasteiger partial charge is 0.355 e. The summed E-state index contributed by atoms with van der Waals surface area (Å²) in [5.74, 6) is -0.394. The Morgan fingerprint density at radius 2 is 2.05 bits per heavy atom. The van der Waals surface area contributed by atoms with Crippen LogP contribution in [0.15, 0.2) is 24.3 Å². The van der Waals surface area contributed by atoms with Gasteiger partial charge in [-0.05, 0) is 43.0 Å². The van der Waals surface area contributed by atoms with Gasteiger partial charge >= 0.3 is 0 Å². The molecule has 1 fully saturated rings. The lowest BCUT2D eigenvalue weighted by Gasteiger charge is -2.17. The van der Waals surface area contributed by atoms with Crippen LogP contribution in [0.1, 0.15) is 38.2 Å². The zero-order valence-corrected chi connectivity index (χ0v) is 13.3. The van der Waals surface area contributed by atoms with Crippen molar-refractivity contribution in [1.82, 2.24) is 5.32 Å². The summed E-state index contributed by atoms with van der Waals surface area (Å²) in [5, 5.41) is 2.79. The highest BCUT2D eigenvalue weighted by Crippen LogP contribution is 2.27. The number of anilines is 1. The average molecular weight is 303 g/mol. The molecule has 0 spiro atoms. The minimum Gasteiger partial charge on any atom is -0.355 e. The van der Waals surface area contributed by atoms with Gasteiger partial charge in [-0.25, -0.2) is 0 Å². The van der Waals surface area contributed by atoms with Gasteiger partial charge < -0.3 is 16.0 Å². The monoisotopic (exact) mass is 303 g/mol. The Balaban J connectivity index is 2.00. The fourth-order valence-corrected chi connectivity index (χ4v) is 2.66. The molecule has 1 heterocycles. The molecule has 22 heavy (non-hydrogen) atoms. The van der Waals surface area contributed by atoms with Gasteiger partial charge in [-0.2, -0.15) is 0 Å². The molecule has 1 unspecified atom stereocenters. The summed E-state index contributed by atoms with van der Waals surface area (Å²) < 4.78 is 0. The summed E-state index contributed by atoms with van der Waals surface area (Å²) in [4.78, 5) is 26.2. The second-order valence-corrected chi connectivity index (χ2v) is 6.01. The Morgan fingerprint density at radius 3 is 2.64 bits per heavy atom. The van der Waals surface area contributed by atoms with Crippen LogP contribution in [-0.4, -0.2) is 31.4 Å². The van der Waals surface area contributed by atoms with Gasteiger partial charge in [0.05, 0.1) is 0 Å². The Labute approximate surface area is 131 Å². The molecule has 3 N–H and O–H groups in total. The quantitative estimate of drug-likeness (QED) is 0.619. The second-order valence-electron chi connectivity index (χ2n) is 6.01. The number of benzene rings is 1. The van der Waals surface area contributed by atoms with E-state index in [0.29, 0.717) is 32.0 Å². The first-order chi connectivity index (χ1) is 10.5. The highest BCUT2D eigenvalue weighted by molar-refractivity contribution is 6.09. The predicted octanol–water partition coefficient (Wildman–Crippen LogP) is 1.63. The van der Waals surface area contributed by atoms with Crippen LogP contribution < -0.4 is 16.0 Å². The lowest BCUT2D eigenvalue weighted by molar-refractivity contribution is -0.132. The molecule has 1 saturated heterocycles. The van der Waals surface area contributed by atoms with Crippen LogP contribution in [0.4, 0.5) is 5.69 Å². The third-order valence-corrected chi connectivity index (χ3v) is 4.07. The smallest absolute Gasteiger partial charge is 0.239 e. The van der Waals surface area contributed by atoms with Gasteiger partial charge in [0.25, 0.3) is 0 Å². The molecular formula is C17H25N3O2. The number of carbonyl (C=O) groups is 2. The summed E-state index contributed by atoms with van der Waals surface area (Å²) in [6, 6.07) is 8.01. The van der Waals surface area contributed by atoms with Crippen molar-refractivity contribution in [2.24, 2.45) is 11.7 Å². The normalized spacial score (nSPS) is 18.1. The van der Waals surface area contributed by atoms with Crippen LogP contribution in [0.3, 0.4) is 0 Å². The summed E-state index contributed by atoms with van der Waals surface area (Å²) in [7, 11) is 0. The van der Waals surface area contributed by atoms with Crippen molar-refractivity contribution in [2.75, 3.05) is 24.5 Å². The van der Waals surface area contributed by atoms with Crippen molar-refractivity contribution in [2.45, 2.75) is 32.6 Å². The molecule has 120 valence electrons. The lowest BCUT2D eigenvalue weighted by atomic mass is 10.0. The fourth-order valence-electron chi connectivity index (χ4n) is 2.66. The Bertz CT molecular complexity index is 525. The molecule has 0 saturated carbocycles. The Hall–Kier alpha value is -1.88. The van der Waals surface area contributed by atoms with Gasteiger partial charge in [-0.1, -0.05) is 26.0 Å². The third kappa shape index (κ3) is 3.65. The van der Waals surface area contributed by atoms with Crippen molar-refractivity contribution in [3.63, 3.8) is 0 Å². The van der Waals surface area contributed by atoms with E-state index < -0.39 is 5.92 Å². The van der Waals surface area contributed by atoms with Crippen molar-refractivity contribution >= 4 is 17.5 Å². The van der Waals surface area contributed by atoms with Crippen LogP contribution in [0, 0.1) is 5.92 Å². The Morgan fingerprint density at radius 1 is 1.36 bits per heavy atom. The van der Waals surface area contributed by atoms with Crippen molar-refractivity contribution in [1.29, 1.82) is 0 Å². The van der Waals surface area contributed by atoms with Gasteiger partial charge in [-0.3, -0.25) is 9.59 Å². The van der Waals surface area contributed by atoms with Gasteiger partial charge in [0.1, 0.15) is 5.92 Å². The number of amides is 2. The number of nitrogens with one attached hydrogen (secondary N) is 1. The highest BCUT2D eigenvalue weighted by Gasteiger charge is 2.37. The molecular weight excluding hydrogens is 278 g/mol. The van der Waals surface area contributed by atoms with Gasteiger partial charge in [-0.15, -0.1) is 0 Å². The lowest BCUT2D eigenvalue weighted by Crippen LogP contribution is -2.37. The van der Waals surface area contributed by atoms with E-state index in [2.05, 4.69) is 19.2 Å². The highest BCUT2D eigenvalue weighted by atomic mass is 16.2. The minimum absolute atomic E-state index is 0.109. The number of carbonyl (C=O) groups excluding carboxylic acids is 2. The molecule has 1 aliphatic rings. The molecule has 5 heteroatoms. The van der Waals surface area contributed by atoms with Gasteiger partial charge in [0.15, 0.2) is 0 Å². The maximum Gasteiger partial charge on any atom is 0.239 e. The van der Waals surface area contributed by atoms with Crippen LogP contribution in [0.5, 0.6) is 0 Å². The second kappa shape index (κ2) is 7.40. The predicted molar refractivity (Wildman–Crippen MR) is 87.7 cm³/mol. The number of hydrogen-bond acceptors (Lipinski definition) is 3. The van der Waals surface area contributed by atoms with Crippen LogP contribution >= 0.6 is 0 Å². The average Bonchev–Trinajstić information content (AvgIpc) is 2.89. The summed E-state index contributed by atoms with van der Waals surface area (Å²) in [6.07, 6.45) is 1.30. The first kappa shape index (κ1) is 16.5. The molecule has 0 aromatic heterocycles. The summed E-state index contributed by atoms with van der Waals surface area (Å²) >= 11 is 0. The zero-order valence-electron chi connectivity index (χ0n) is 13.3. The molecule has 1 aromatic carbocycles. The van der Waals surface area contributed by atoms with E-state index in [0.717, 1.165) is 12.1 Å². The SMILES string of the molecule is CC(C)c1ccc(N2CCC(C(=O)NCCCN)C2=O)cc1. The molecule has 0 aliphatic carbocycles. The van der Waals surface area contributed by atoms with E-state index in [9.17, 15) is 9.59 Å². The van der Waals surface area contributed by atoms with Crippen LogP contribution in [-0.2, 0) is 9.59 Å². The number of hydrogen-bond donors (Lipinski definition) is 2. The van der Waals surface area contributed by atoms with Crippen molar-refractivity contribution in [3.05, 3.63) is 29.8 Å².